The fourth-order valence-electron chi connectivity index (χ4n) is 1.26. The lowest BCUT2D eigenvalue weighted by Crippen LogP contribution is -2.19. The van der Waals surface area contributed by atoms with E-state index in [1.807, 2.05) is 0 Å². The van der Waals surface area contributed by atoms with Crippen molar-refractivity contribution in [3.8, 4) is 5.75 Å². The first-order valence-electron chi connectivity index (χ1n) is 5.22. The van der Waals surface area contributed by atoms with E-state index in [1.54, 1.807) is 24.3 Å². The largest absolute Gasteiger partial charge is 0.468 e. The number of halogens is 3. The second-order valence-electron chi connectivity index (χ2n) is 3.75. The summed E-state index contributed by atoms with van der Waals surface area (Å²) in [6.07, 6.45) is -4.03. The number of carbonyl (C=O) groups excluding carboxylic acids is 1. The number of carbonyl (C=O) groups is 1. The SMILES string of the molecule is CC(=O)Cc1ccc(OCOCC(F)(F)F)cc1. The summed E-state index contributed by atoms with van der Waals surface area (Å²) in [5.74, 6) is 0.432. The average Bonchev–Trinajstić information content (AvgIpc) is 2.24. The van der Waals surface area contributed by atoms with E-state index in [0.717, 1.165) is 5.56 Å². The van der Waals surface area contributed by atoms with Gasteiger partial charge in [-0.1, -0.05) is 12.1 Å². The van der Waals surface area contributed by atoms with Crippen LogP contribution in [0.25, 0.3) is 0 Å². The topological polar surface area (TPSA) is 35.5 Å². The van der Waals surface area contributed by atoms with Crippen LogP contribution in [0.4, 0.5) is 13.2 Å². The molecular formula is C12H13F3O3. The number of hydrogen-bond donors (Lipinski definition) is 0. The summed E-state index contributed by atoms with van der Waals surface area (Å²) in [4.78, 5) is 10.8. The Kier molecular flexibility index (Phi) is 5.15. The maximum atomic E-state index is 11.7. The van der Waals surface area contributed by atoms with Gasteiger partial charge in [-0.25, -0.2) is 0 Å². The highest BCUT2D eigenvalue weighted by Crippen LogP contribution is 2.16. The Morgan fingerprint density at radius 2 is 1.83 bits per heavy atom. The standard InChI is InChI=1S/C12H13F3O3/c1-9(16)6-10-2-4-11(5-3-10)18-8-17-7-12(13,14)15/h2-5H,6-8H2,1H3. The van der Waals surface area contributed by atoms with E-state index in [1.165, 1.54) is 6.92 Å². The van der Waals surface area contributed by atoms with Gasteiger partial charge in [0, 0.05) is 6.42 Å². The van der Waals surface area contributed by atoms with Gasteiger partial charge >= 0.3 is 6.18 Å². The molecule has 0 saturated carbocycles. The van der Waals surface area contributed by atoms with Gasteiger partial charge in [0.05, 0.1) is 0 Å². The van der Waals surface area contributed by atoms with Crippen molar-refractivity contribution in [2.45, 2.75) is 19.5 Å². The molecule has 0 spiro atoms. The molecule has 0 atom stereocenters. The fraction of sp³-hybridized carbons (Fsp3) is 0.417. The third kappa shape index (κ3) is 6.24. The van der Waals surface area contributed by atoms with Crippen LogP contribution in [0.2, 0.25) is 0 Å². The Hall–Kier alpha value is -1.56. The highest BCUT2D eigenvalue weighted by atomic mass is 19.4. The first kappa shape index (κ1) is 14.5. The lowest BCUT2D eigenvalue weighted by Gasteiger charge is -2.09. The van der Waals surface area contributed by atoms with E-state index in [4.69, 9.17) is 4.74 Å². The summed E-state index contributed by atoms with van der Waals surface area (Å²) < 4.78 is 44.5. The summed E-state index contributed by atoms with van der Waals surface area (Å²) in [5.41, 5.74) is 0.825. The highest BCUT2D eigenvalue weighted by Gasteiger charge is 2.27. The Balaban J connectivity index is 2.33. The van der Waals surface area contributed by atoms with Gasteiger partial charge in [0.2, 0.25) is 0 Å². The van der Waals surface area contributed by atoms with Crippen LogP contribution >= 0.6 is 0 Å². The average molecular weight is 262 g/mol. The molecule has 1 rings (SSSR count). The first-order chi connectivity index (χ1) is 8.37. The van der Waals surface area contributed by atoms with E-state index in [2.05, 4.69) is 4.74 Å². The van der Waals surface area contributed by atoms with Crippen molar-refractivity contribution in [3.63, 3.8) is 0 Å². The van der Waals surface area contributed by atoms with Crippen LogP contribution in [0.1, 0.15) is 12.5 Å². The molecule has 0 heterocycles. The van der Waals surface area contributed by atoms with Crippen LogP contribution in [0, 0.1) is 0 Å². The van der Waals surface area contributed by atoms with Gasteiger partial charge in [0.1, 0.15) is 18.1 Å². The molecule has 0 radical (unpaired) electrons. The van der Waals surface area contributed by atoms with E-state index < -0.39 is 19.6 Å². The quantitative estimate of drug-likeness (QED) is 0.584. The van der Waals surface area contributed by atoms with Gasteiger partial charge < -0.3 is 9.47 Å². The molecule has 0 aliphatic carbocycles. The summed E-state index contributed by atoms with van der Waals surface area (Å²) in [6.45, 7) is -0.323. The molecule has 0 fully saturated rings. The lowest BCUT2D eigenvalue weighted by molar-refractivity contribution is -0.186. The molecule has 6 heteroatoms. The van der Waals surface area contributed by atoms with E-state index in [0.29, 0.717) is 12.2 Å². The van der Waals surface area contributed by atoms with E-state index in [-0.39, 0.29) is 5.78 Å². The molecule has 0 amide bonds. The Bertz CT molecular complexity index is 385. The maximum Gasteiger partial charge on any atom is 0.411 e. The number of alkyl halides is 3. The number of benzene rings is 1. The third-order valence-corrected chi connectivity index (χ3v) is 1.95. The second-order valence-corrected chi connectivity index (χ2v) is 3.75. The highest BCUT2D eigenvalue weighted by molar-refractivity contribution is 5.78. The number of Topliss-reactive ketones (excluding diaryl/α,β-unsaturated/α-hetero) is 1. The maximum absolute atomic E-state index is 11.7. The van der Waals surface area contributed by atoms with Gasteiger partial charge in [-0.05, 0) is 24.6 Å². The number of hydrogen-bond acceptors (Lipinski definition) is 3. The minimum absolute atomic E-state index is 0.0391. The van der Waals surface area contributed by atoms with Crippen LogP contribution in [-0.2, 0) is 16.0 Å². The Morgan fingerprint density at radius 1 is 1.22 bits per heavy atom. The second kappa shape index (κ2) is 6.39. The Morgan fingerprint density at radius 3 is 2.33 bits per heavy atom. The van der Waals surface area contributed by atoms with Crippen molar-refractivity contribution in [2.75, 3.05) is 13.4 Å². The van der Waals surface area contributed by atoms with E-state index >= 15 is 0 Å². The van der Waals surface area contributed by atoms with Gasteiger partial charge in [0.25, 0.3) is 0 Å². The Labute approximate surface area is 103 Å². The normalized spacial score (nSPS) is 11.3. The van der Waals surface area contributed by atoms with Gasteiger partial charge in [-0.2, -0.15) is 13.2 Å². The zero-order valence-corrected chi connectivity index (χ0v) is 9.79. The molecule has 1 aromatic rings. The zero-order valence-electron chi connectivity index (χ0n) is 9.79. The summed E-state index contributed by atoms with van der Waals surface area (Å²) in [7, 11) is 0. The third-order valence-electron chi connectivity index (χ3n) is 1.95. The minimum Gasteiger partial charge on any atom is -0.468 e. The molecule has 0 saturated heterocycles. The molecular weight excluding hydrogens is 249 g/mol. The number of rotatable bonds is 6. The van der Waals surface area contributed by atoms with E-state index in [9.17, 15) is 18.0 Å². The van der Waals surface area contributed by atoms with Crippen LogP contribution in [-0.4, -0.2) is 25.4 Å². The fourth-order valence-corrected chi connectivity index (χ4v) is 1.26. The summed E-state index contributed by atoms with van der Waals surface area (Å²) in [5, 5.41) is 0. The van der Waals surface area contributed by atoms with Crippen LogP contribution in [0.3, 0.4) is 0 Å². The van der Waals surface area contributed by atoms with Crippen molar-refractivity contribution in [3.05, 3.63) is 29.8 Å². The monoisotopic (exact) mass is 262 g/mol. The molecule has 0 N–H and O–H groups in total. The van der Waals surface area contributed by atoms with Crippen molar-refractivity contribution >= 4 is 5.78 Å². The molecule has 0 unspecified atom stereocenters. The molecule has 100 valence electrons. The molecule has 18 heavy (non-hydrogen) atoms. The predicted octanol–water partition coefficient (Wildman–Crippen LogP) is 2.73. The van der Waals surface area contributed by atoms with Crippen LogP contribution in [0.5, 0.6) is 5.75 Å². The minimum atomic E-state index is -4.35. The predicted molar refractivity (Wildman–Crippen MR) is 58.3 cm³/mol. The van der Waals surface area contributed by atoms with Gasteiger partial charge in [0.15, 0.2) is 6.79 Å². The van der Waals surface area contributed by atoms with Crippen molar-refractivity contribution in [1.29, 1.82) is 0 Å². The van der Waals surface area contributed by atoms with Crippen molar-refractivity contribution in [1.82, 2.24) is 0 Å². The van der Waals surface area contributed by atoms with Crippen molar-refractivity contribution in [2.24, 2.45) is 0 Å². The smallest absolute Gasteiger partial charge is 0.411 e. The van der Waals surface area contributed by atoms with Crippen LogP contribution < -0.4 is 4.74 Å². The van der Waals surface area contributed by atoms with Crippen LogP contribution in [0.15, 0.2) is 24.3 Å². The molecule has 0 aromatic heterocycles. The molecule has 0 aliphatic heterocycles. The number of ketones is 1. The first-order valence-corrected chi connectivity index (χ1v) is 5.22. The number of ether oxygens (including phenoxy) is 2. The molecule has 1 aromatic carbocycles. The lowest BCUT2D eigenvalue weighted by atomic mass is 10.1. The summed E-state index contributed by atoms with van der Waals surface area (Å²) in [6, 6.07) is 6.52. The molecule has 3 nitrogen and oxygen atoms in total. The van der Waals surface area contributed by atoms with Gasteiger partial charge in [-0.15, -0.1) is 0 Å². The molecule has 0 aliphatic rings. The summed E-state index contributed by atoms with van der Waals surface area (Å²) >= 11 is 0. The zero-order chi connectivity index (χ0) is 13.6. The van der Waals surface area contributed by atoms with Gasteiger partial charge in [-0.3, -0.25) is 4.79 Å². The van der Waals surface area contributed by atoms with Crippen molar-refractivity contribution < 1.29 is 27.4 Å². The molecule has 0 bridgehead atoms.